The molecule has 0 saturated carbocycles. The van der Waals surface area contributed by atoms with E-state index in [0.717, 1.165) is 16.9 Å². The van der Waals surface area contributed by atoms with Crippen LogP contribution in [-0.2, 0) is 23.5 Å². The number of ether oxygens (including phenoxy) is 1. The minimum atomic E-state index is -1.82. The van der Waals surface area contributed by atoms with Gasteiger partial charge in [0.2, 0.25) is 0 Å². The second-order valence-electron chi connectivity index (χ2n) is 7.93. The van der Waals surface area contributed by atoms with Gasteiger partial charge in [0.25, 0.3) is 5.91 Å². The third kappa shape index (κ3) is 3.86. The zero-order valence-corrected chi connectivity index (χ0v) is 18.6. The monoisotopic (exact) mass is 460 g/mol. The quantitative estimate of drug-likeness (QED) is 0.469. The van der Waals surface area contributed by atoms with E-state index in [1.165, 1.54) is 4.68 Å². The number of rotatable bonds is 6. The van der Waals surface area contributed by atoms with Gasteiger partial charge < -0.3 is 14.7 Å². The zero-order chi connectivity index (χ0) is 23.0. The summed E-state index contributed by atoms with van der Waals surface area (Å²) in [7, 11) is 1.61. The number of halogens is 1. The van der Waals surface area contributed by atoms with Crippen LogP contribution < -0.4 is 9.64 Å². The molecule has 4 aromatic rings. The lowest BCUT2D eigenvalue weighted by Gasteiger charge is -2.23. The number of anilines is 1. The fourth-order valence-electron chi connectivity index (χ4n) is 4.10. The highest BCUT2D eigenvalue weighted by Crippen LogP contribution is 2.43. The van der Waals surface area contributed by atoms with Crippen LogP contribution in [0.15, 0.2) is 79.0 Å². The van der Waals surface area contributed by atoms with E-state index in [-0.39, 0.29) is 6.54 Å². The molecule has 0 saturated heterocycles. The molecule has 0 radical (unpaired) electrons. The number of hydrogen-bond acceptors (Lipinski definition) is 5. The summed E-state index contributed by atoms with van der Waals surface area (Å²) in [5.41, 5.74) is 1.70. The van der Waals surface area contributed by atoms with Crippen LogP contribution in [0.3, 0.4) is 0 Å². The molecule has 1 amide bonds. The number of benzene rings is 3. The predicted octanol–water partition coefficient (Wildman–Crippen LogP) is 4.04. The number of aliphatic hydroxyl groups is 1. The molecule has 0 bridgehead atoms. The highest BCUT2D eigenvalue weighted by Gasteiger charge is 2.50. The van der Waals surface area contributed by atoms with Crippen LogP contribution in [0.2, 0.25) is 5.02 Å². The van der Waals surface area contributed by atoms with Gasteiger partial charge in [0.15, 0.2) is 5.60 Å². The fraction of sp³-hybridized carbons (Fsp3) is 0.160. The van der Waals surface area contributed by atoms with E-state index in [1.807, 2.05) is 54.6 Å². The third-order valence-corrected chi connectivity index (χ3v) is 6.03. The van der Waals surface area contributed by atoms with Gasteiger partial charge in [-0.15, -0.1) is 5.10 Å². The Balaban J connectivity index is 1.47. The minimum absolute atomic E-state index is 0.0897. The Morgan fingerprint density at radius 1 is 1.06 bits per heavy atom. The summed E-state index contributed by atoms with van der Waals surface area (Å²) in [5, 5.41) is 20.4. The Morgan fingerprint density at radius 3 is 2.55 bits per heavy atom. The molecule has 1 aromatic heterocycles. The summed E-state index contributed by atoms with van der Waals surface area (Å²) >= 11 is 6.23. The largest absolute Gasteiger partial charge is 0.497 e. The minimum Gasteiger partial charge on any atom is -0.497 e. The number of fused-ring (bicyclic) bond motifs is 1. The highest BCUT2D eigenvalue weighted by molar-refractivity contribution is 6.31. The Kier molecular flexibility index (Phi) is 5.36. The van der Waals surface area contributed by atoms with Crippen LogP contribution >= 0.6 is 11.6 Å². The van der Waals surface area contributed by atoms with Crippen LogP contribution in [0.5, 0.6) is 5.75 Å². The third-order valence-electron chi connectivity index (χ3n) is 5.79. The molecule has 1 unspecified atom stereocenters. The Morgan fingerprint density at radius 2 is 1.82 bits per heavy atom. The molecule has 2 heterocycles. The number of hydrogen-bond donors (Lipinski definition) is 1. The molecule has 5 rings (SSSR count). The average Bonchev–Trinajstić information content (AvgIpc) is 3.37. The van der Waals surface area contributed by atoms with E-state index in [2.05, 4.69) is 10.3 Å². The topological polar surface area (TPSA) is 80.5 Å². The first kappa shape index (κ1) is 21.2. The van der Waals surface area contributed by atoms with Crippen LogP contribution in [0.1, 0.15) is 11.1 Å². The van der Waals surface area contributed by atoms with Gasteiger partial charge in [0.1, 0.15) is 11.4 Å². The molecule has 33 heavy (non-hydrogen) atoms. The van der Waals surface area contributed by atoms with Crippen molar-refractivity contribution in [3.8, 4) is 17.0 Å². The lowest BCUT2D eigenvalue weighted by Crippen LogP contribution is -2.43. The van der Waals surface area contributed by atoms with Crippen molar-refractivity contribution in [1.82, 2.24) is 15.0 Å². The summed E-state index contributed by atoms with van der Waals surface area (Å²) in [4.78, 5) is 15.1. The molecule has 7 nitrogen and oxygen atoms in total. The summed E-state index contributed by atoms with van der Waals surface area (Å²) in [5.74, 6) is 0.314. The van der Waals surface area contributed by atoms with Gasteiger partial charge in [-0.3, -0.25) is 4.79 Å². The van der Waals surface area contributed by atoms with Crippen molar-refractivity contribution in [3.63, 3.8) is 0 Å². The lowest BCUT2D eigenvalue weighted by molar-refractivity contribution is -0.138. The summed E-state index contributed by atoms with van der Waals surface area (Å²) in [6.45, 7) is 0.249. The summed E-state index contributed by atoms with van der Waals surface area (Å²) < 4.78 is 6.67. The van der Waals surface area contributed by atoms with Crippen molar-refractivity contribution in [2.75, 3.05) is 12.0 Å². The van der Waals surface area contributed by atoms with E-state index < -0.39 is 11.5 Å². The van der Waals surface area contributed by atoms with Crippen molar-refractivity contribution in [2.45, 2.75) is 18.7 Å². The standard InChI is InChI=1S/C25H21ClN4O3/c1-33-20-10-7-18(8-11-20)22-15-29(28-27-22)16-25(32)21-13-19(26)9-12-23(21)30(24(25)31)14-17-5-3-2-4-6-17/h2-13,15,32H,14,16H2,1H3. The van der Waals surface area contributed by atoms with E-state index in [4.69, 9.17) is 16.3 Å². The van der Waals surface area contributed by atoms with Crippen molar-refractivity contribution in [3.05, 3.63) is 95.1 Å². The van der Waals surface area contributed by atoms with E-state index in [9.17, 15) is 9.90 Å². The molecule has 0 spiro atoms. The maximum Gasteiger partial charge on any atom is 0.265 e. The van der Waals surface area contributed by atoms with Crippen molar-refractivity contribution < 1.29 is 14.6 Å². The second-order valence-corrected chi connectivity index (χ2v) is 8.36. The number of carbonyl (C=O) groups excluding carboxylic acids is 1. The molecule has 1 atom stereocenters. The van der Waals surface area contributed by atoms with Gasteiger partial charge in [-0.05, 0) is 48.0 Å². The average molecular weight is 461 g/mol. The zero-order valence-electron chi connectivity index (χ0n) is 17.9. The first-order chi connectivity index (χ1) is 16.0. The maximum absolute atomic E-state index is 13.5. The predicted molar refractivity (Wildman–Crippen MR) is 125 cm³/mol. The van der Waals surface area contributed by atoms with Crippen LogP contribution in [0, 0.1) is 0 Å². The number of methoxy groups -OCH3 is 1. The molecule has 1 N–H and O–H groups in total. The number of carbonyl (C=O) groups is 1. The number of nitrogens with zero attached hydrogens (tertiary/aromatic N) is 4. The molecule has 0 aliphatic carbocycles. The molecular formula is C25H21ClN4O3. The first-order valence-electron chi connectivity index (χ1n) is 10.4. The van der Waals surface area contributed by atoms with E-state index in [0.29, 0.717) is 28.5 Å². The molecule has 1 aliphatic heterocycles. The molecule has 3 aromatic carbocycles. The molecular weight excluding hydrogens is 440 g/mol. The SMILES string of the molecule is COc1ccc(-c2cn(CC3(O)C(=O)N(Cc4ccccc4)c4ccc(Cl)cc43)nn2)cc1. The van der Waals surface area contributed by atoms with Crippen LogP contribution in [-0.4, -0.2) is 33.1 Å². The van der Waals surface area contributed by atoms with Gasteiger partial charge >= 0.3 is 0 Å². The van der Waals surface area contributed by atoms with Gasteiger partial charge in [-0.2, -0.15) is 0 Å². The Labute approximate surface area is 195 Å². The van der Waals surface area contributed by atoms with Gasteiger partial charge in [0, 0.05) is 16.1 Å². The van der Waals surface area contributed by atoms with Gasteiger partial charge in [0.05, 0.1) is 32.1 Å². The normalized spacial score (nSPS) is 17.3. The molecule has 0 fully saturated rings. The summed E-state index contributed by atoms with van der Waals surface area (Å²) in [6, 6.07) is 22.2. The fourth-order valence-corrected chi connectivity index (χ4v) is 4.27. The van der Waals surface area contributed by atoms with Crippen molar-refractivity contribution in [1.29, 1.82) is 0 Å². The summed E-state index contributed by atoms with van der Waals surface area (Å²) in [6.07, 6.45) is 1.71. The molecule has 166 valence electrons. The molecule has 8 heteroatoms. The maximum atomic E-state index is 13.5. The number of amides is 1. The molecule has 1 aliphatic rings. The van der Waals surface area contributed by atoms with E-state index in [1.54, 1.807) is 36.4 Å². The first-order valence-corrected chi connectivity index (χ1v) is 10.8. The van der Waals surface area contributed by atoms with Gasteiger partial charge in [-0.1, -0.05) is 47.1 Å². The van der Waals surface area contributed by atoms with E-state index >= 15 is 0 Å². The Hall–Kier alpha value is -3.68. The second kappa shape index (κ2) is 8.35. The lowest BCUT2D eigenvalue weighted by atomic mass is 9.95. The van der Waals surface area contributed by atoms with Crippen molar-refractivity contribution >= 4 is 23.2 Å². The Bertz CT molecular complexity index is 1310. The van der Waals surface area contributed by atoms with Crippen LogP contribution in [0.4, 0.5) is 5.69 Å². The van der Waals surface area contributed by atoms with Crippen LogP contribution in [0.25, 0.3) is 11.3 Å². The smallest absolute Gasteiger partial charge is 0.265 e. The number of aromatic nitrogens is 3. The highest BCUT2D eigenvalue weighted by atomic mass is 35.5. The van der Waals surface area contributed by atoms with Crippen molar-refractivity contribution in [2.24, 2.45) is 0 Å². The van der Waals surface area contributed by atoms with Gasteiger partial charge in [-0.25, -0.2) is 4.68 Å².